The average molecular weight is 529 g/mol. The third-order valence-electron chi connectivity index (χ3n) is 5.95. The second kappa shape index (κ2) is 9.68. The van der Waals surface area contributed by atoms with E-state index in [1.54, 1.807) is 4.90 Å². The van der Waals surface area contributed by atoms with Gasteiger partial charge in [0.25, 0.3) is 5.91 Å². The summed E-state index contributed by atoms with van der Waals surface area (Å²) in [5.41, 5.74) is -1.97. The molecule has 0 saturated carbocycles. The van der Waals surface area contributed by atoms with Crippen LogP contribution in [0.5, 0.6) is 0 Å². The molecule has 4 rings (SSSR count). The van der Waals surface area contributed by atoms with Gasteiger partial charge >= 0.3 is 6.18 Å². The van der Waals surface area contributed by atoms with Crippen LogP contribution in [0.1, 0.15) is 23.7 Å². The summed E-state index contributed by atoms with van der Waals surface area (Å²) in [5, 5.41) is 21.3. The molecule has 1 aliphatic rings. The molecule has 3 aromatic rings. The lowest BCUT2D eigenvalue weighted by Gasteiger charge is -2.21. The Morgan fingerprint density at radius 2 is 1.89 bits per heavy atom. The van der Waals surface area contributed by atoms with Crippen molar-refractivity contribution in [2.75, 3.05) is 18.0 Å². The average Bonchev–Trinajstić information content (AvgIpc) is 3.15. The number of rotatable bonds is 5. The summed E-state index contributed by atoms with van der Waals surface area (Å²) in [6.07, 6.45) is -6.36. The number of carbonyl (C=O) groups is 1. The van der Waals surface area contributed by atoms with Crippen LogP contribution in [0.2, 0.25) is 5.02 Å². The third-order valence-corrected chi connectivity index (χ3v) is 6.26. The number of benzene rings is 1. The molecule has 1 fully saturated rings. The predicted molar refractivity (Wildman–Crippen MR) is 124 cm³/mol. The molecule has 3 atom stereocenters. The maximum Gasteiger partial charge on any atom is 0.408 e. The molecule has 0 bridgehead atoms. The molecule has 1 aromatic carbocycles. The van der Waals surface area contributed by atoms with Gasteiger partial charge < -0.3 is 20.4 Å². The molecule has 3 heterocycles. The van der Waals surface area contributed by atoms with Gasteiger partial charge in [0.15, 0.2) is 5.65 Å². The van der Waals surface area contributed by atoms with Crippen molar-refractivity contribution >= 4 is 34.4 Å². The molecular weight excluding hydrogens is 508 g/mol. The van der Waals surface area contributed by atoms with E-state index in [-0.39, 0.29) is 40.7 Å². The summed E-state index contributed by atoms with van der Waals surface area (Å²) in [5.74, 6) is -1.89. The summed E-state index contributed by atoms with van der Waals surface area (Å²) < 4.78 is 55.6. The van der Waals surface area contributed by atoms with Crippen molar-refractivity contribution in [3.63, 3.8) is 0 Å². The first-order chi connectivity index (χ1) is 16.9. The molecule has 13 heteroatoms. The summed E-state index contributed by atoms with van der Waals surface area (Å²) in [6, 6.07) is 4.27. The van der Waals surface area contributed by atoms with Gasteiger partial charge in [-0.25, -0.2) is 9.37 Å². The second-order valence-electron chi connectivity index (χ2n) is 8.37. The Bertz CT molecular complexity index is 1350. The van der Waals surface area contributed by atoms with Gasteiger partial charge in [-0.05, 0) is 30.7 Å². The highest BCUT2D eigenvalue weighted by atomic mass is 35.5. The minimum atomic E-state index is -4.74. The Kier molecular flexibility index (Phi) is 6.95. The highest BCUT2D eigenvalue weighted by molar-refractivity contribution is 6.32. The number of para-hydroxylation sites is 1. The number of aliphatic hydroxyl groups excluding tert-OH is 2. The van der Waals surface area contributed by atoms with Crippen molar-refractivity contribution in [3.8, 4) is 5.69 Å². The highest BCUT2D eigenvalue weighted by Crippen LogP contribution is 2.29. The van der Waals surface area contributed by atoms with Crippen LogP contribution in [0.3, 0.4) is 0 Å². The van der Waals surface area contributed by atoms with Crippen LogP contribution >= 0.6 is 11.6 Å². The minimum Gasteiger partial charge on any atom is -0.389 e. The Morgan fingerprint density at radius 1 is 1.22 bits per heavy atom. The van der Waals surface area contributed by atoms with E-state index in [1.807, 2.05) is 5.32 Å². The Hall–Kier alpha value is -3.22. The zero-order valence-corrected chi connectivity index (χ0v) is 19.5. The first-order valence-corrected chi connectivity index (χ1v) is 11.3. The van der Waals surface area contributed by atoms with Gasteiger partial charge in [0, 0.05) is 19.3 Å². The fourth-order valence-corrected chi connectivity index (χ4v) is 4.28. The van der Waals surface area contributed by atoms with Crippen molar-refractivity contribution < 1.29 is 32.6 Å². The van der Waals surface area contributed by atoms with E-state index in [0.29, 0.717) is 0 Å². The number of halogens is 5. The summed E-state index contributed by atoms with van der Waals surface area (Å²) >= 11 is 6.22. The van der Waals surface area contributed by atoms with Crippen LogP contribution in [-0.2, 0) is 0 Å². The van der Waals surface area contributed by atoms with Gasteiger partial charge in [0.2, 0.25) is 5.43 Å². The van der Waals surface area contributed by atoms with Crippen LogP contribution < -0.4 is 15.6 Å². The number of alkyl halides is 3. The minimum absolute atomic E-state index is 0.0424. The molecule has 1 amide bonds. The number of aliphatic hydroxyl groups is 2. The molecule has 0 spiro atoms. The zero-order chi connectivity index (χ0) is 26.4. The van der Waals surface area contributed by atoms with Crippen LogP contribution in [0.4, 0.5) is 23.4 Å². The topological polar surface area (TPSA) is 108 Å². The lowest BCUT2D eigenvalue weighted by Crippen LogP contribution is -2.46. The number of β-amino-alcohol motifs (C(OH)–C–C–N with tert-alkyl or cyclic N) is 2. The first kappa shape index (κ1) is 25.9. The molecule has 2 aromatic heterocycles. The van der Waals surface area contributed by atoms with Gasteiger partial charge in [-0.15, -0.1) is 0 Å². The Balaban J connectivity index is 1.92. The van der Waals surface area contributed by atoms with Crippen molar-refractivity contribution in [1.29, 1.82) is 0 Å². The number of fused-ring (bicyclic) bond motifs is 1. The number of pyridine rings is 2. The number of nitrogens with one attached hydrogen (secondary N) is 1. The summed E-state index contributed by atoms with van der Waals surface area (Å²) in [4.78, 5) is 31.9. The number of aromatic nitrogens is 2. The summed E-state index contributed by atoms with van der Waals surface area (Å²) in [6.45, 7) is 1.31. The third kappa shape index (κ3) is 4.75. The van der Waals surface area contributed by atoms with Crippen molar-refractivity contribution in [1.82, 2.24) is 14.9 Å². The molecule has 36 heavy (non-hydrogen) atoms. The van der Waals surface area contributed by atoms with Crippen molar-refractivity contribution in [2.24, 2.45) is 0 Å². The number of carbonyl (C=O) groups excluding carboxylic acids is 1. The van der Waals surface area contributed by atoms with Crippen molar-refractivity contribution in [3.05, 3.63) is 63.2 Å². The van der Waals surface area contributed by atoms with E-state index in [4.69, 9.17) is 11.6 Å². The van der Waals surface area contributed by atoms with E-state index < -0.39 is 53.6 Å². The fourth-order valence-electron chi connectivity index (χ4n) is 4.03. The maximum absolute atomic E-state index is 14.9. The standard InChI is InChI=1S/C23H21ClF4N4O4/c1-2-17(23(26,27)28)29-22(36)12-8-32(19-13(24)4-3-5-14(19)25)21-11(20(12)35)6-7-18(30-21)31-9-15(33)16(34)10-31/h3-8,15-17,33-34H,2,9-10H2,1H3,(H,29,36)/t15-,16-,17?/m1/s1. The Labute approximate surface area is 206 Å². The lowest BCUT2D eigenvalue weighted by atomic mass is 10.1. The molecule has 3 N–H and O–H groups in total. The SMILES string of the molecule is CCC(NC(=O)c1cn(-c2c(F)cccc2Cl)c2nc(N3C[C@@H](O)[C@H](O)C3)ccc2c1=O)C(F)(F)F. The molecule has 1 saturated heterocycles. The van der Waals surface area contributed by atoms with Crippen LogP contribution in [0.15, 0.2) is 41.3 Å². The van der Waals surface area contributed by atoms with Gasteiger partial charge in [-0.1, -0.05) is 24.6 Å². The first-order valence-electron chi connectivity index (χ1n) is 10.9. The van der Waals surface area contributed by atoms with Crippen molar-refractivity contribution in [2.45, 2.75) is 37.8 Å². The smallest absolute Gasteiger partial charge is 0.389 e. The molecule has 192 valence electrons. The molecule has 8 nitrogen and oxygen atoms in total. The molecular formula is C23H21ClF4N4O4. The number of nitrogens with zero attached hydrogens (tertiary/aromatic N) is 3. The van der Waals surface area contributed by atoms with E-state index in [1.165, 1.54) is 31.2 Å². The van der Waals surface area contributed by atoms with Gasteiger partial charge in [-0.2, -0.15) is 13.2 Å². The molecule has 1 aliphatic heterocycles. The van der Waals surface area contributed by atoms with E-state index in [2.05, 4.69) is 4.98 Å². The van der Waals surface area contributed by atoms with Gasteiger partial charge in [-0.3, -0.25) is 14.2 Å². The maximum atomic E-state index is 14.9. The van der Waals surface area contributed by atoms with E-state index in [0.717, 1.165) is 16.8 Å². The molecule has 0 radical (unpaired) electrons. The quantitative estimate of drug-likeness (QED) is 0.440. The largest absolute Gasteiger partial charge is 0.408 e. The van der Waals surface area contributed by atoms with Gasteiger partial charge in [0.1, 0.15) is 28.9 Å². The Morgan fingerprint density at radius 3 is 2.47 bits per heavy atom. The normalized spacial score (nSPS) is 19.1. The number of anilines is 1. The van der Waals surface area contributed by atoms with Crippen LogP contribution in [-0.4, -0.2) is 63.2 Å². The lowest BCUT2D eigenvalue weighted by molar-refractivity contribution is -0.153. The van der Waals surface area contributed by atoms with Crippen LogP contribution in [0.25, 0.3) is 16.7 Å². The number of amides is 1. The van der Waals surface area contributed by atoms with Crippen LogP contribution in [0, 0.1) is 5.82 Å². The monoisotopic (exact) mass is 528 g/mol. The second-order valence-corrected chi connectivity index (χ2v) is 8.78. The van der Waals surface area contributed by atoms with E-state index >= 15 is 0 Å². The molecule has 1 unspecified atom stereocenters. The summed E-state index contributed by atoms with van der Waals surface area (Å²) in [7, 11) is 0. The number of hydrogen-bond donors (Lipinski definition) is 3. The molecule has 0 aliphatic carbocycles. The number of hydrogen-bond acceptors (Lipinski definition) is 6. The van der Waals surface area contributed by atoms with Gasteiger partial charge in [0.05, 0.1) is 22.6 Å². The highest BCUT2D eigenvalue weighted by Gasteiger charge is 2.40. The predicted octanol–water partition coefficient (Wildman–Crippen LogP) is 2.79. The zero-order valence-electron chi connectivity index (χ0n) is 18.8. The fraction of sp³-hybridized carbons (Fsp3) is 0.348. The van der Waals surface area contributed by atoms with E-state index in [9.17, 15) is 37.4 Å².